The lowest BCUT2D eigenvalue weighted by molar-refractivity contribution is 0.0398. The summed E-state index contributed by atoms with van der Waals surface area (Å²) >= 11 is 17.7. The van der Waals surface area contributed by atoms with Gasteiger partial charge in [0.05, 0.1) is 41.7 Å². The molecule has 0 amide bonds. The normalized spacial score (nSPS) is 13.7. The van der Waals surface area contributed by atoms with E-state index in [1.807, 2.05) is 170 Å². The molecule has 19 nitrogen and oxygen atoms in total. The number of benzene rings is 6. The lowest BCUT2D eigenvalue weighted by atomic mass is 9.90. The van der Waals surface area contributed by atoms with Crippen LogP contribution in [0, 0.1) is 17.3 Å². The summed E-state index contributed by atoms with van der Waals surface area (Å²) in [5.41, 5.74) is 43.9. The van der Waals surface area contributed by atoms with Gasteiger partial charge >= 0.3 is 0 Å². The molecule has 3 fully saturated rings. The van der Waals surface area contributed by atoms with Gasteiger partial charge in [0.2, 0.25) is 29.7 Å². The van der Waals surface area contributed by atoms with Crippen molar-refractivity contribution in [3.8, 4) is 56.3 Å². The van der Waals surface area contributed by atoms with E-state index < -0.39 is 0 Å². The van der Waals surface area contributed by atoms with Gasteiger partial charge in [0.15, 0.2) is 0 Å². The monoisotopic (exact) mass is 1410 g/mol. The summed E-state index contributed by atoms with van der Waals surface area (Å²) in [6.45, 7) is 13.6. The Hall–Kier alpha value is -9.73. The molecule has 7 heterocycles. The molecule has 0 bridgehead atoms. The Bertz CT molecular complexity index is 4350. The third-order valence-corrected chi connectivity index (χ3v) is 17.3. The number of nitrogens with two attached hydrogens (primary N) is 5. The van der Waals surface area contributed by atoms with Crippen molar-refractivity contribution in [2.45, 2.75) is 78.6 Å². The van der Waals surface area contributed by atoms with Crippen LogP contribution in [0.1, 0.15) is 74.8 Å². The summed E-state index contributed by atoms with van der Waals surface area (Å²) in [6, 6.07) is 63.2. The van der Waals surface area contributed by atoms with E-state index in [9.17, 15) is 0 Å². The molecule has 101 heavy (non-hydrogen) atoms. The molecule has 5 aromatic heterocycles. The van der Waals surface area contributed by atoms with E-state index >= 15 is 0 Å². The highest BCUT2D eigenvalue weighted by Crippen LogP contribution is 2.34. The van der Waals surface area contributed by atoms with Crippen molar-refractivity contribution in [1.29, 1.82) is 0 Å². The topological polar surface area (TPSA) is 293 Å². The number of aromatic nitrogens is 10. The molecule has 2 aliphatic heterocycles. The number of nitrogens with zero attached hydrogens (tertiary/aromatic N) is 11. The standard InChI is InChI=1S/C18H17N3.C16H18ClN3O.C16H21N5O.C15H18ClN3.C14H14ClN3/c19-18-20-16(12-11-14-7-3-1-4-8-14)13-17(21-18)15-9-5-2-6-10-15;17-13-3-1-12(2-4-13)15-10-14(19-16(18)20-15)9-11-5-7-21-8-6-11;17-16-19-14(13-4-2-1-3-5-13)12-15(20-16)18-6-7-21-8-10-22-11-9-21;1-15(2,3)9-12-8-13(19-14(17)18-12)10-4-6-11(16)7-5-10;15-11-5-3-10(4-6-11)13-8-12(7-9-1-2-9)17-14(16)18-13/h1-10,13H,11-12H2,(H2,19,20,21);1-4,10-11H,5-9H2,(H2,18,19,20);1-5,12H,6-11H2,(H3,17,18,19,20);4-8H,9H2,1-3H3,(H2,17,18,19);3-6,8-9H,1-2,7H2,(H2,16,17,18). The molecule has 3 aliphatic rings. The molecular weight excluding hydrogens is 1330 g/mol. The third kappa shape index (κ3) is 25.1. The van der Waals surface area contributed by atoms with E-state index in [-0.39, 0.29) is 11.4 Å². The molecule has 22 heteroatoms. The van der Waals surface area contributed by atoms with E-state index in [4.69, 9.17) is 72.9 Å². The van der Waals surface area contributed by atoms with Crippen LogP contribution in [0.4, 0.5) is 35.6 Å². The average Bonchev–Trinajstić information content (AvgIpc) is 1.29. The molecular formula is C79H88Cl3N17O2. The molecule has 0 radical (unpaired) electrons. The highest BCUT2D eigenvalue weighted by molar-refractivity contribution is 6.31. The van der Waals surface area contributed by atoms with Crippen LogP contribution in [-0.4, -0.2) is 107 Å². The zero-order valence-corrected chi connectivity index (χ0v) is 59.7. The first-order valence-electron chi connectivity index (χ1n) is 34.1. The zero-order valence-electron chi connectivity index (χ0n) is 57.4. The van der Waals surface area contributed by atoms with Crippen LogP contribution in [-0.2, 0) is 41.6 Å². The zero-order chi connectivity index (χ0) is 70.9. The summed E-state index contributed by atoms with van der Waals surface area (Å²) < 4.78 is 10.7. The number of nitrogens with one attached hydrogen (secondary N) is 1. The minimum absolute atomic E-state index is 0.165. The van der Waals surface area contributed by atoms with E-state index in [2.05, 4.69) is 105 Å². The van der Waals surface area contributed by atoms with Crippen molar-refractivity contribution < 1.29 is 9.47 Å². The summed E-state index contributed by atoms with van der Waals surface area (Å²) in [5, 5.41) is 5.47. The van der Waals surface area contributed by atoms with Crippen LogP contribution in [0.15, 0.2) is 194 Å². The molecule has 1 saturated carbocycles. The fraction of sp³-hybridized carbons (Fsp3) is 0.291. The molecule has 6 aromatic carbocycles. The van der Waals surface area contributed by atoms with Crippen LogP contribution in [0.2, 0.25) is 15.1 Å². The van der Waals surface area contributed by atoms with Crippen molar-refractivity contribution in [1.82, 2.24) is 54.7 Å². The Labute approximate surface area is 607 Å². The predicted molar refractivity (Wildman–Crippen MR) is 411 cm³/mol. The molecule has 0 spiro atoms. The lowest BCUT2D eigenvalue weighted by Crippen LogP contribution is -2.39. The summed E-state index contributed by atoms with van der Waals surface area (Å²) in [6.07, 6.45) is 9.38. The number of nitrogen functional groups attached to an aromatic ring is 5. The van der Waals surface area contributed by atoms with E-state index in [1.54, 1.807) is 0 Å². The number of rotatable bonds is 17. The van der Waals surface area contributed by atoms with Crippen molar-refractivity contribution in [2.24, 2.45) is 17.3 Å². The number of ether oxygens (including phenoxy) is 2. The average molecular weight is 1410 g/mol. The van der Waals surface area contributed by atoms with E-state index in [0.717, 1.165) is 193 Å². The van der Waals surface area contributed by atoms with Gasteiger partial charge in [-0.2, -0.15) is 4.98 Å². The molecule has 11 N–H and O–H groups in total. The van der Waals surface area contributed by atoms with Gasteiger partial charge in [0.25, 0.3) is 0 Å². The summed E-state index contributed by atoms with van der Waals surface area (Å²) in [7, 11) is 0. The van der Waals surface area contributed by atoms with Gasteiger partial charge < -0.3 is 43.5 Å². The van der Waals surface area contributed by atoms with Crippen molar-refractivity contribution >= 4 is 70.4 Å². The smallest absolute Gasteiger partial charge is 0.222 e. The molecule has 11 aromatic rings. The number of hydrogen-bond acceptors (Lipinski definition) is 19. The van der Waals surface area contributed by atoms with Crippen molar-refractivity contribution in [3.05, 3.63) is 238 Å². The number of aryl methyl sites for hydroxylation is 2. The number of hydrogen-bond donors (Lipinski definition) is 6. The lowest BCUT2D eigenvalue weighted by Gasteiger charge is -2.26. The minimum atomic E-state index is 0.165. The molecule has 1 aliphatic carbocycles. The van der Waals surface area contributed by atoms with E-state index in [0.29, 0.717) is 39.8 Å². The summed E-state index contributed by atoms with van der Waals surface area (Å²) in [5.74, 6) is 3.77. The van der Waals surface area contributed by atoms with Gasteiger partial charge in [-0.1, -0.05) is 183 Å². The Morgan fingerprint density at radius 3 is 1.19 bits per heavy atom. The predicted octanol–water partition coefficient (Wildman–Crippen LogP) is 15.6. The fourth-order valence-electron chi connectivity index (χ4n) is 11.4. The first-order chi connectivity index (χ1) is 48.9. The SMILES string of the molecule is CC(C)(C)Cc1cc(-c2ccc(Cl)cc2)nc(N)n1.Nc1nc(CC2CC2)cc(-c2ccc(Cl)cc2)n1.Nc1nc(CC2CCOCC2)cc(-c2ccc(Cl)cc2)n1.Nc1nc(CCc2ccccc2)cc(-c2ccccc2)n1.Nc1nc(NCCN2CCOCC2)cc(-c2ccccc2)n1. The third-order valence-electron chi connectivity index (χ3n) is 16.6. The van der Waals surface area contributed by atoms with Gasteiger partial charge in [-0.15, -0.1) is 0 Å². The first-order valence-corrected chi connectivity index (χ1v) is 35.2. The maximum absolute atomic E-state index is 5.92. The maximum Gasteiger partial charge on any atom is 0.222 e. The maximum atomic E-state index is 5.92. The molecule has 0 unspecified atom stereocenters. The van der Waals surface area contributed by atoms with Gasteiger partial charge in [0.1, 0.15) is 5.82 Å². The van der Waals surface area contributed by atoms with Gasteiger partial charge in [-0.3, -0.25) is 4.90 Å². The fourth-order valence-corrected chi connectivity index (χ4v) is 11.7. The molecule has 2 saturated heterocycles. The van der Waals surface area contributed by atoms with Crippen molar-refractivity contribution in [3.63, 3.8) is 0 Å². The quantitative estimate of drug-likeness (QED) is 0.0494. The van der Waals surface area contributed by atoms with Gasteiger partial charge in [-0.05, 0) is 141 Å². The second kappa shape index (κ2) is 37.1. The van der Waals surface area contributed by atoms with Crippen molar-refractivity contribution in [2.75, 3.05) is 86.6 Å². The van der Waals surface area contributed by atoms with Crippen LogP contribution in [0.3, 0.4) is 0 Å². The largest absolute Gasteiger partial charge is 0.381 e. The molecule has 14 rings (SSSR count). The molecule has 0 atom stereocenters. The number of anilines is 6. The first kappa shape index (κ1) is 74.0. The summed E-state index contributed by atoms with van der Waals surface area (Å²) in [4.78, 5) is 45.5. The van der Waals surface area contributed by atoms with Gasteiger partial charge in [0, 0.05) is 111 Å². The van der Waals surface area contributed by atoms with Crippen LogP contribution in [0.5, 0.6) is 0 Å². The highest BCUT2D eigenvalue weighted by atomic mass is 35.5. The Kier molecular flexibility index (Phi) is 27.2. The minimum Gasteiger partial charge on any atom is -0.381 e. The second-order valence-electron chi connectivity index (χ2n) is 26.2. The Balaban J connectivity index is 0.000000136. The highest BCUT2D eigenvalue weighted by Gasteiger charge is 2.23. The second-order valence-corrected chi connectivity index (χ2v) is 27.5. The molecule has 522 valence electrons. The van der Waals surface area contributed by atoms with Gasteiger partial charge in [-0.25, -0.2) is 44.9 Å². The van der Waals surface area contributed by atoms with Crippen LogP contribution in [0.25, 0.3) is 56.3 Å². The Morgan fingerprint density at radius 2 is 0.752 bits per heavy atom. The van der Waals surface area contributed by atoms with E-state index in [1.165, 1.54) is 18.4 Å². The van der Waals surface area contributed by atoms with Crippen LogP contribution < -0.4 is 34.0 Å². The number of halogens is 3. The Morgan fingerprint density at radius 1 is 0.396 bits per heavy atom. The number of morpholine rings is 1. The van der Waals surface area contributed by atoms with Crippen LogP contribution >= 0.6 is 34.8 Å².